The number of anilines is 1. The summed E-state index contributed by atoms with van der Waals surface area (Å²) < 4.78 is 37.2. The number of alkyl halides is 3. The maximum absolute atomic E-state index is 12.4. The second-order valence-electron chi connectivity index (χ2n) is 4.20. The SMILES string of the molecule is O=C(NCc1ccccn1)Nc1ccc(C(F)(F)F)cc1. The van der Waals surface area contributed by atoms with E-state index in [0.717, 1.165) is 12.1 Å². The summed E-state index contributed by atoms with van der Waals surface area (Å²) in [5.41, 5.74) is 0.198. The van der Waals surface area contributed by atoms with Crippen molar-refractivity contribution in [3.05, 3.63) is 59.9 Å². The van der Waals surface area contributed by atoms with Crippen LogP contribution in [0.3, 0.4) is 0 Å². The molecule has 4 nitrogen and oxygen atoms in total. The van der Waals surface area contributed by atoms with Crippen molar-refractivity contribution in [1.29, 1.82) is 0 Å². The molecular weight excluding hydrogens is 283 g/mol. The van der Waals surface area contributed by atoms with Gasteiger partial charge in [-0.25, -0.2) is 4.79 Å². The third-order valence-electron chi connectivity index (χ3n) is 2.63. The maximum atomic E-state index is 12.4. The summed E-state index contributed by atoms with van der Waals surface area (Å²) >= 11 is 0. The van der Waals surface area contributed by atoms with Crippen molar-refractivity contribution in [3.8, 4) is 0 Å². The third kappa shape index (κ3) is 4.48. The Morgan fingerprint density at radius 1 is 1.10 bits per heavy atom. The molecule has 0 bridgehead atoms. The Morgan fingerprint density at radius 3 is 2.38 bits per heavy atom. The molecule has 0 spiro atoms. The van der Waals surface area contributed by atoms with Gasteiger partial charge in [0.25, 0.3) is 0 Å². The molecule has 2 aromatic rings. The number of aromatic nitrogens is 1. The van der Waals surface area contributed by atoms with Crippen molar-refractivity contribution in [1.82, 2.24) is 10.3 Å². The predicted octanol–water partition coefficient (Wildman–Crippen LogP) is 3.42. The average Bonchev–Trinajstić information content (AvgIpc) is 2.46. The van der Waals surface area contributed by atoms with Gasteiger partial charge in [-0.15, -0.1) is 0 Å². The molecule has 0 radical (unpaired) electrons. The quantitative estimate of drug-likeness (QED) is 0.911. The van der Waals surface area contributed by atoms with E-state index >= 15 is 0 Å². The number of halogens is 3. The number of carbonyl (C=O) groups is 1. The number of nitrogens with zero attached hydrogens (tertiary/aromatic N) is 1. The van der Waals surface area contributed by atoms with Crippen LogP contribution in [0.4, 0.5) is 23.7 Å². The molecule has 0 aliphatic heterocycles. The first-order valence-corrected chi connectivity index (χ1v) is 6.07. The van der Waals surface area contributed by atoms with E-state index in [1.807, 2.05) is 0 Å². The molecule has 2 N–H and O–H groups in total. The highest BCUT2D eigenvalue weighted by molar-refractivity contribution is 5.89. The van der Waals surface area contributed by atoms with E-state index in [2.05, 4.69) is 15.6 Å². The Bertz CT molecular complexity index is 597. The summed E-state index contributed by atoms with van der Waals surface area (Å²) in [6, 6.07) is 9.00. The minimum atomic E-state index is -4.39. The summed E-state index contributed by atoms with van der Waals surface area (Å²) in [5.74, 6) is 0. The third-order valence-corrected chi connectivity index (χ3v) is 2.63. The standard InChI is InChI=1S/C14H12F3N3O/c15-14(16,17)10-4-6-11(7-5-10)20-13(21)19-9-12-3-1-2-8-18-12/h1-8H,9H2,(H2,19,20,21). The van der Waals surface area contributed by atoms with E-state index in [1.165, 1.54) is 12.1 Å². The highest BCUT2D eigenvalue weighted by Gasteiger charge is 2.29. The Morgan fingerprint density at radius 2 is 1.81 bits per heavy atom. The van der Waals surface area contributed by atoms with E-state index in [1.54, 1.807) is 24.4 Å². The zero-order valence-corrected chi connectivity index (χ0v) is 10.8. The first-order chi connectivity index (χ1) is 9.95. The molecule has 0 aliphatic rings. The maximum Gasteiger partial charge on any atom is 0.416 e. The van der Waals surface area contributed by atoms with Crippen LogP contribution < -0.4 is 10.6 Å². The van der Waals surface area contributed by atoms with Crippen LogP contribution in [0.5, 0.6) is 0 Å². The number of amides is 2. The van der Waals surface area contributed by atoms with Gasteiger partial charge in [0.2, 0.25) is 0 Å². The molecule has 0 unspecified atom stereocenters. The van der Waals surface area contributed by atoms with Crippen LogP contribution in [0, 0.1) is 0 Å². The lowest BCUT2D eigenvalue weighted by Gasteiger charge is -2.09. The van der Waals surface area contributed by atoms with Crippen LogP contribution >= 0.6 is 0 Å². The Kier molecular flexibility index (Phi) is 4.42. The molecule has 110 valence electrons. The van der Waals surface area contributed by atoms with E-state index in [9.17, 15) is 18.0 Å². The Balaban J connectivity index is 1.88. The lowest BCUT2D eigenvalue weighted by Crippen LogP contribution is -2.28. The molecule has 7 heteroatoms. The van der Waals surface area contributed by atoms with Gasteiger partial charge < -0.3 is 10.6 Å². The van der Waals surface area contributed by atoms with E-state index in [0.29, 0.717) is 5.69 Å². The van der Waals surface area contributed by atoms with E-state index in [4.69, 9.17) is 0 Å². The van der Waals surface area contributed by atoms with Gasteiger partial charge in [0, 0.05) is 11.9 Å². The van der Waals surface area contributed by atoms with E-state index < -0.39 is 17.8 Å². The largest absolute Gasteiger partial charge is 0.416 e. The van der Waals surface area contributed by atoms with Crippen LogP contribution in [0.2, 0.25) is 0 Å². The highest BCUT2D eigenvalue weighted by atomic mass is 19.4. The molecule has 0 fully saturated rings. The molecule has 0 saturated heterocycles. The van der Waals surface area contributed by atoms with Crippen molar-refractivity contribution < 1.29 is 18.0 Å². The normalized spacial score (nSPS) is 11.0. The van der Waals surface area contributed by atoms with Gasteiger partial charge in [-0.3, -0.25) is 4.98 Å². The van der Waals surface area contributed by atoms with E-state index in [-0.39, 0.29) is 12.2 Å². The van der Waals surface area contributed by atoms with Crippen molar-refractivity contribution in [2.24, 2.45) is 0 Å². The molecule has 21 heavy (non-hydrogen) atoms. The molecule has 1 aromatic carbocycles. The minimum absolute atomic E-state index is 0.229. The van der Waals surface area contributed by atoms with Gasteiger partial charge in [0.05, 0.1) is 17.8 Å². The molecule has 0 saturated carbocycles. The average molecular weight is 295 g/mol. The molecule has 1 aromatic heterocycles. The van der Waals surface area contributed by atoms with Gasteiger partial charge in [0.1, 0.15) is 0 Å². The Hall–Kier alpha value is -2.57. The van der Waals surface area contributed by atoms with Crippen molar-refractivity contribution in [2.45, 2.75) is 12.7 Å². The fourth-order valence-corrected chi connectivity index (χ4v) is 1.59. The summed E-state index contributed by atoms with van der Waals surface area (Å²) in [6.07, 6.45) is -2.79. The molecule has 0 atom stereocenters. The number of urea groups is 1. The lowest BCUT2D eigenvalue weighted by atomic mass is 10.2. The zero-order valence-electron chi connectivity index (χ0n) is 10.8. The highest BCUT2D eigenvalue weighted by Crippen LogP contribution is 2.29. The summed E-state index contributed by atoms with van der Waals surface area (Å²) in [7, 11) is 0. The van der Waals surface area contributed by atoms with Gasteiger partial charge in [0.15, 0.2) is 0 Å². The van der Waals surface area contributed by atoms with Crippen LogP contribution in [0.25, 0.3) is 0 Å². The van der Waals surface area contributed by atoms with Crippen LogP contribution in [-0.4, -0.2) is 11.0 Å². The fourth-order valence-electron chi connectivity index (χ4n) is 1.59. The summed E-state index contributed by atoms with van der Waals surface area (Å²) in [5, 5.41) is 5.00. The topological polar surface area (TPSA) is 54.0 Å². The lowest BCUT2D eigenvalue weighted by molar-refractivity contribution is -0.137. The first-order valence-electron chi connectivity index (χ1n) is 6.07. The van der Waals surface area contributed by atoms with Crippen molar-refractivity contribution in [3.63, 3.8) is 0 Å². The van der Waals surface area contributed by atoms with Crippen LogP contribution in [-0.2, 0) is 12.7 Å². The fraction of sp³-hybridized carbons (Fsp3) is 0.143. The number of benzene rings is 1. The second kappa shape index (κ2) is 6.25. The monoisotopic (exact) mass is 295 g/mol. The minimum Gasteiger partial charge on any atom is -0.332 e. The number of rotatable bonds is 3. The number of hydrogen-bond acceptors (Lipinski definition) is 2. The van der Waals surface area contributed by atoms with Gasteiger partial charge >= 0.3 is 12.2 Å². The van der Waals surface area contributed by atoms with Crippen LogP contribution in [0.15, 0.2) is 48.7 Å². The van der Waals surface area contributed by atoms with Gasteiger partial charge in [-0.05, 0) is 36.4 Å². The number of carbonyl (C=O) groups excluding carboxylic acids is 1. The van der Waals surface area contributed by atoms with Gasteiger partial charge in [-0.1, -0.05) is 6.07 Å². The Labute approximate surface area is 119 Å². The molecule has 2 amide bonds. The smallest absolute Gasteiger partial charge is 0.332 e. The van der Waals surface area contributed by atoms with Crippen molar-refractivity contribution >= 4 is 11.7 Å². The molecule has 1 heterocycles. The second-order valence-corrected chi connectivity index (χ2v) is 4.20. The number of nitrogens with one attached hydrogen (secondary N) is 2. The molecule has 0 aliphatic carbocycles. The van der Waals surface area contributed by atoms with Gasteiger partial charge in [-0.2, -0.15) is 13.2 Å². The van der Waals surface area contributed by atoms with Crippen LogP contribution in [0.1, 0.15) is 11.3 Å². The van der Waals surface area contributed by atoms with Crippen molar-refractivity contribution in [2.75, 3.05) is 5.32 Å². The first kappa shape index (κ1) is 14.8. The number of hydrogen-bond donors (Lipinski definition) is 2. The predicted molar refractivity (Wildman–Crippen MR) is 71.5 cm³/mol. The zero-order chi connectivity index (χ0) is 15.3. The number of pyridine rings is 1. The molecular formula is C14H12F3N3O. The summed E-state index contributed by atoms with van der Waals surface area (Å²) in [4.78, 5) is 15.6. The molecule has 2 rings (SSSR count). The summed E-state index contributed by atoms with van der Waals surface area (Å²) in [6.45, 7) is 0.229.